The minimum Gasteiger partial charge on any atom is -0.300 e. The van der Waals surface area contributed by atoms with Crippen molar-refractivity contribution in [3.05, 3.63) is 32.6 Å². The van der Waals surface area contributed by atoms with Crippen molar-refractivity contribution in [3.8, 4) is 12.3 Å². The summed E-state index contributed by atoms with van der Waals surface area (Å²) in [4.78, 5) is 25.2. The van der Waals surface area contributed by atoms with Gasteiger partial charge in [-0.05, 0) is 0 Å². The van der Waals surface area contributed by atoms with Crippen LogP contribution in [0.15, 0.2) is 15.7 Å². The number of H-pyrrole nitrogens is 2. The van der Waals surface area contributed by atoms with Crippen molar-refractivity contribution in [1.29, 1.82) is 0 Å². The fourth-order valence-corrected chi connectivity index (χ4v) is 0.546. The first-order valence-electron chi connectivity index (χ1n) is 2.52. The molecule has 0 spiro atoms. The van der Waals surface area contributed by atoms with Gasteiger partial charge in [0.05, 0.1) is 5.69 Å². The number of rotatable bonds is 0. The van der Waals surface area contributed by atoms with Gasteiger partial charge in [-0.2, -0.15) is 0 Å². The molecule has 1 aromatic heterocycles. The van der Waals surface area contributed by atoms with Gasteiger partial charge in [-0.1, -0.05) is 5.92 Å². The molecule has 0 radical (unpaired) electrons. The van der Waals surface area contributed by atoms with Crippen LogP contribution in [0.4, 0.5) is 0 Å². The Labute approximate surface area is 55.9 Å². The minimum absolute atomic E-state index is 0.189. The molecule has 0 aliphatic carbocycles. The Balaban J connectivity index is 3.51. The van der Waals surface area contributed by atoms with E-state index in [0.29, 0.717) is 0 Å². The highest BCUT2D eigenvalue weighted by atomic mass is 16.2. The topological polar surface area (TPSA) is 65.7 Å². The average molecular weight is 136 g/mol. The summed E-state index contributed by atoms with van der Waals surface area (Å²) in [5.74, 6) is 2.13. The lowest BCUT2D eigenvalue weighted by Gasteiger charge is -1.84. The van der Waals surface area contributed by atoms with Gasteiger partial charge in [0, 0.05) is 6.07 Å². The van der Waals surface area contributed by atoms with E-state index in [1.807, 2.05) is 4.98 Å². The summed E-state index contributed by atoms with van der Waals surface area (Å²) in [5, 5.41) is 0. The van der Waals surface area contributed by atoms with E-state index in [0.717, 1.165) is 6.07 Å². The molecule has 0 saturated carbocycles. The zero-order valence-corrected chi connectivity index (χ0v) is 4.97. The Bertz CT molecular complexity index is 351. The van der Waals surface area contributed by atoms with Gasteiger partial charge in [0.2, 0.25) is 0 Å². The second-order valence-electron chi connectivity index (χ2n) is 1.65. The van der Waals surface area contributed by atoms with Crippen molar-refractivity contribution in [2.45, 2.75) is 0 Å². The summed E-state index contributed by atoms with van der Waals surface area (Å²) >= 11 is 0. The molecular weight excluding hydrogens is 132 g/mol. The van der Waals surface area contributed by atoms with Crippen LogP contribution in [-0.4, -0.2) is 9.97 Å². The van der Waals surface area contributed by atoms with E-state index in [4.69, 9.17) is 6.42 Å². The van der Waals surface area contributed by atoms with Crippen molar-refractivity contribution >= 4 is 0 Å². The van der Waals surface area contributed by atoms with Gasteiger partial charge in [0.25, 0.3) is 5.56 Å². The van der Waals surface area contributed by atoms with Gasteiger partial charge in [0.15, 0.2) is 0 Å². The smallest absolute Gasteiger partial charge is 0.300 e. The molecule has 4 nitrogen and oxygen atoms in total. The Kier molecular flexibility index (Phi) is 1.42. The third-order valence-corrected chi connectivity index (χ3v) is 0.916. The fraction of sp³-hybridized carbons (Fsp3) is 0. The summed E-state index contributed by atoms with van der Waals surface area (Å²) in [5.41, 5.74) is -0.883. The van der Waals surface area contributed by atoms with E-state index in [2.05, 4.69) is 10.9 Å². The van der Waals surface area contributed by atoms with Gasteiger partial charge in [-0.15, -0.1) is 6.42 Å². The standard InChI is InChI=1S/C6H4N2O2/c1-2-4-3-5(9)8-6(10)7-4/h1,3H,(H2,7,8,9,10). The summed E-state index contributed by atoms with van der Waals surface area (Å²) in [7, 11) is 0. The van der Waals surface area contributed by atoms with Crippen molar-refractivity contribution < 1.29 is 0 Å². The van der Waals surface area contributed by atoms with E-state index in [1.54, 1.807) is 0 Å². The molecule has 1 aromatic rings. The quantitative estimate of drug-likeness (QED) is 0.451. The zero-order valence-electron chi connectivity index (χ0n) is 4.97. The lowest BCUT2D eigenvalue weighted by molar-refractivity contribution is 1.02. The summed E-state index contributed by atoms with van der Waals surface area (Å²) < 4.78 is 0. The predicted molar refractivity (Wildman–Crippen MR) is 35.6 cm³/mol. The van der Waals surface area contributed by atoms with Crippen LogP contribution >= 0.6 is 0 Å². The zero-order chi connectivity index (χ0) is 7.56. The number of hydrogen-bond donors (Lipinski definition) is 2. The molecule has 1 rings (SSSR count). The molecule has 4 heteroatoms. The van der Waals surface area contributed by atoms with Gasteiger partial charge < -0.3 is 4.98 Å². The normalized spacial score (nSPS) is 8.70. The maximum atomic E-state index is 10.5. The van der Waals surface area contributed by atoms with Gasteiger partial charge >= 0.3 is 5.69 Å². The first-order valence-corrected chi connectivity index (χ1v) is 2.52. The molecule has 0 saturated heterocycles. The van der Waals surface area contributed by atoms with Crippen molar-refractivity contribution in [2.24, 2.45) is 0 Å². The average Bonchev–Trinajstić information content (AvgIpc) is 1.85. The van der Waals surface area contributed by atoms with E-state index >= 15 is 0 Å². The molecule has 0 aliphatic heterocycles. The molecule has 0 aliphatic rings. The van der Waals surface area contributed by atoms with Crippen molar-refractivity contribution in [2.75, 3.05) is 0 Å². The molecule has 0 bridgehead atoms. The molecule has 2 N–H and O–H groups in total. The summed E-state index contributed by atoms with van der Waals surface area (Å²) in [6, 6.07) is 1.14. The largest absolute Gasteiger partial charge is 0.326 e. The third kappa shape index (κ3) is 1.14. The van der Waals surface area contributed by atoms with Crippen LogP contribution in [-0.2, 0) is 0 Å². The second-order valence-corrected chi connectivity index (χ2v) is 1.65. The Morgan fingerprint density at radius 3 is 2.60 bits per heavy atom. The molecule has 0 atom stereocenters. The number of aromatic nitrogens is 2. The van der Waals surface area contributed by atoms with E-state index < -0.39 is 11.2 Å². The highest BCUT2D eigenvalue weighted by Gasteiger charge is 1.89. The highest BCUT2D eigenvalue weighted by molar-refractivity contribution is 5.20. The first kappa shape index (κ1) is 6.36. The Morgan fingerprint density at radius 1 is 1.40 bits per heavy atom. The number of aromatic amines is 2. The van der Waals surface area contributed by atoms with Crippen LogP contribution in [0.2, 0.25) is 0 Å². The second kappa shape index (κ2) is 2.23. The molecule has 0 fully saturated rings. The molecule has 0 aromatic carbocycles. The van der Waals surface area contributed by atoms with Crippen LogP contribution in [0.5, 0.6) is 0 Å². The third-order valence-electron chi connectivity index (χ3n) is 0.916. The molecule has 1 heterocycles. The van der Waals surface area contributed by atoms with E-state index in [9.17, 15) is 9.59 Å². The Morgan fingerprint density at radius 2 is 2.10 bits per heavy atom. The van der Waals surface area contributed by atoms with Gasteiger partial charge in [-0.3, -0.25) is 9.78 Å². The lowest BCUT2D eigenvalue weighted by atomic mass is 10.4. The fourth-order valence-electron chi connectivity index (χ4n) is 0.546. The maximum Gasteiger partial charge on any atom is 0.326 e. The van der Waals surface area contributed by atoms with Crippen LogP contribution in [0, 0.1) is 12.3 Å². The number of terminal acetylenes is 1. The molecular formula is C6H4N2O2. The van der Waals surface area contributed by atoms with Crippen LogP contribution in [0.25, 0.3) is 0 Å². The van der Waals surface area contributed by atoms with Gasteiger partial charge in [0.1, 0.15) is 0 Å². The SMILES string of the molecule is C#Cc1cc(=O)[nH]c(=O)[nH]1. The lowest BCUT2D eigenvalue weighted by Crippen LogP contribution is -2.21. The van der Waals surface area contributed by atoms with E-state index in [-0.39, 0.29) is 5.69 Å². The highest BCUT2D eigenvalue weighted by Crippen LogP contribution is 1.75. The van der Waals surface area contributed by atoms with Crippen LogP contribution < -0.4 is 11.2 Å². The monoisotopic (exact) mass is 136 g/mol. The molecule has 10 heavy (non-hydrogen) atoms. The molecule has 0 unspecified atom stereocenters. The van der Waals surface area contributed by atoms with Crippen molar-refractivity contribution in [1.82, 2.24) is 9.97 Å². The molecule has 50 valence electrons. The summed E-state index contributed by atoms with van der Waals surface area (Å²) in [6.45, 7) is 0. The van der Waals surface area contributed by atoms with Crippen molar-refractivity contribution in [3.63, 3.8) is 0 Å². The maximum absolute atomic E-state index is 10.5. The van der Waals surface area contributed by atoms with Crippen LogP contribution in [0.1, 0.15) is 5.69 Å². The Hall–Kier alpha value is -1.76. The van der Waals surface area contributed by atoms with E-state index in [1.165, 1.54) is 0 Å². The van der Waals surface area contributed by atoms with Crippen LogP contribution in [0.3, 0.4) is 0 Å². The first-order chi connectivity index (χ1) is 4.72. The predicted octanol–water partition coefficient (Wildman–Crippen LogP) is -0.956. The van der Waals surface area contributed by atoms with Gasteiger partial charge in [-0.25, -0.2) is 4.79 Å². The molecule has 0 amide bonds. The minimum atomic E-state index is -0.583. The number of nitrogens with one attached hydrogen (secondary N) is 2. The number of hydrogen-bond acceptors (Lipinski definition) is 2. The summed E-state index contributed by atoms with van der Waals surface area (Å²) in [6.07, 6.45) is 4.91.